The Morgan fingerprint density at radius 1 is 1.39 bits per heavy atom. The Balaban J connectivity index is 2.05. The lowest BCUT2D eigenvalue weighted by atomic mass is 10.4. The van der Waals surface area contributed by atoms with E-state index in [9.17, 15) is 9.59 Å². The molecule has 2 aromatic rings. The number of aromatic nitrogens is 3. The minimum absolute atomic E-state index is 0.0525. The van der Waals surface area contributed by atoms with Crippen LogP contribution in [0.15, 0.2) is 23.3 Å². The predicted octanol–water partition coefficient (Wildman–Crippen LogP) is 0.955. The van der Waals surface area contributed by atoms with Gasteiger partial charge in [0.25, 0.3) is 5.56 Å². The van der Waals surface area contributed by atoms with Gasteiger partial charge in [-0.1, -0.05) is 0 Å². The number of rotatable bonds is 3. The molecule has 0 spiro atoms. The van der Waals surface area contributed by atoms with Gasteiger partial charge in [-0.3, -0.25) is 14.2 Å². The van der Waals surface area contributed by atoms with Crippen molar-refractivity contribution in [1.82, 2.24) is 13.9 Å². The maximum atomic E-state index is 11.7. The van der Waals surface area contributed by atoms with Crippen molar-refractivity contribution in [3.8, 4) is 0 Å². The molecule has 0 fully saturated rings. The van der Waals surface area contributed by atoms with E-state index in [4.69, 9.17) is 0 Å². The molecule has 2 rings (SSSR count). The first-order valence-corrected chi connectivity index (χ1v) is 6.08. The molecule has 0 unspecified atom stereocenters. The number of hydrogen-bond acceptors (Lipinski definition) is 5. The summed E-state index contributed by atoms with van der Waals surface area (Å²) in [6.45, 7) is 3.52. The maximum Gasteiger partial charge on any atom is 0.253 e. The summed E-state index contributed by atoms with van der Waals surface area (Å²) in [6, 6.07) is 3.17. The fourth-order valence-corrected chi connectivity index (χ4v) is 2.07. The van der Waals surface area contributed by atoms with Crippen LogP contribution in [0.5, 0.6) is 0 Å². The van der Waals surface area contributed by atoms with Gasteiger partial charge < -0.3 is 5.32 Å². The Labute approximate surface area is 107 Å². The van der Waals surface area contributed by atoms with E-state index < -0.39 is 0 Å². The summed E-state index contributed by atoms with van der Waals surface area (Å²) in [7, 11) is 0. The molecule has 0 radical (unpaired) electrons. The van der Waals surface area contributed by atoms with Gasteiger partial charge in [-0.05, 0) is 31.4 Å². The molecule has 0 saturated heterocycles. The number of nitrogens with one attached hydrogen (secondary N) is 1. The summed E-state index contributed by atoms with van der Waals surface area (Å²) in [5.41, 5.74) is 1.25. The molecule has 7 heteroatoms. The number of anilines is 1. The molecule has 0 atom stereocenters. The summed E-state index contributed by atoms with van der Waals surface area (Å²) in [6.07, 6.45) is 1.37. The van der Waals surface area contributed by atoms with Gasteiger partial charge in [0, 0.05) is 11.8 Å². The van der Waals surface area contributed by atoms with Gasteiger partial charge in [0.15, 0.2) is 0 Å². The monoisotopic (exact) mass is 264 g/mol. The zero-order valence-electron chi connectivity index (χ0n) is 10.0. The predicted molar refractivity (Wildman–Crippen MR) is 68.7 cm³/mol. The Hall–Kier alpha value is -2.02. The van der Waals surface area contributed by atoms with Crippen molar-refractivity contribution in [1.29, 1.82) is 0 Å². The first-order valence-electron chi connectivity index (χ1n) is 5.31. The number of carbonyl (C=O) groups is 1. The average molecular weight is 264 g/mol. The van der Waals surface area contributed by atoms with Crippen LogP contribution in [-0.2, 0) is 11.3 Å². The summed E-state index contributed by atoms with van der Waals surface area (Å²) in [5, 5.41) is 3.35. The van der Waals surface area contributed by atoms with E-state index in [1.54, 1.807) is 13.0 Å². The zero-order chi connectivity index (χ0) is 13.1. The van der Waals surface area contributed by atoms with Crippen molar-refractivity contribution in [3.63, 3.8) is 0 Å². The van der Waals surface area contributed by atoms with Gasteiger partial charge in [0.05, 0.1) is 12.0 Å². The highest BCUT2D eigenvalue weighted by Crippen LogP contribution is 2.14. The smallest absolute Gasteiger partial charge is 0.253 e. The van der Waals surface area contributed by atoms with E-state index in [1.807, 2.05) is 6.92 Å². The Kier molecular flexibility index (Phi) is 3.52. The van der Waals surface area contributed by atoms with Crippen molar-refractivity contribution >= 4 is 22.4 Å². The molecule has 18 heavy (non-hydrogen) atoms. The molecule has 2 heterocycles. The Morgan fingerprint density at radius 2 is 2.17 bits per heavy atom. The van der Waals surface area contributed by atoms with E-state index >= 15 is 0 Å². The van der Waals surface area contributed by atoms with Crippen molar-refractivity contribution in [2.75, 3.05) is 5.32 Å². The van der Waals surface area contributed by atoms with Crippen molar-refractivity contribution in [2.45, 2.75) is 20.4 Å². The molecule has 1 amide bonds. The molecule has 94 valence electrons. The topological polar surface area (TPSA) is 76.9 Å². The molecular formula is C11H12N4O2S. The largest absolute Gasteiger partial charge is 0.315 e. The minimum Gasteiger partial charge on any atom is -0.315 e. The van der Waals surface area contributed by atoms with Crippen LogP contribution in [0.1, 0.15) is 11.4 Å². The van der Waals surface area contributed by atoms with Crippen LogP contribution in [0, 0.1) is 13.8 Å². The van der Waals surface area contributed by atoms with Gasteiger partial charge >= 0.3 is 0 Å². The second-order valence-corrected chi connectivity index (χ2v) is 4.68. The summed E-state index contributed by atoms with van der Waals surface area (Å²) >= 11 is 1.21. The van der Waals surface area contributed by atoms with Crippen molar-refractivity contribution in [3.05, 3.63) is 40.2 Å². The van der Waals surface area contributed by atoms with Crippen LogP contribution in [0.25, 0.3) is 0 Å². The molecule has 0 saturated carbocycles. The second-order valence-electron chi connectivity index (χ2n) is 3.88. The number of aryl methyl sites for hydroxylation is 2. The van der Waals surface area contributed by atoms with Gasteiger partial charge in [-0.25, -0.2) is 4.98 Å². The lowest BCUT2D eigenvalue weighted by Gasteiger charge is -2.04. The minimum atomic E-state index is -0.272. The quantitative estimate of drug-likeness (QED) is 0.895. The Morgan fingerprint density at radius 3 is 2.78 bits per heavy atom. The first-order chi connectivity index (χ1) is 8.54. The van der Waals surface area contributed by atoms with Crippen molar-refractivity contribution in [2.24, 2.45) is 0 Å². The highest BCUT2D eigenvalue weighted by atomic mass is 32.1. The molecule has 2 aromatic heterocycles. The third-order valence-electron chi connectivity index (χ3n) is 2.22. The SMILES string of the molecule is Cc1cc(=O)n(CC(=O)Nc2cc(C)ns2)cn1. The van der Waals surface area contributed by atoms with Gasteiger partial charge in [-0.15, -0.1) is 0 Å². The van der Waals surface area contributed by atoms with E-state index in [1.165, 1.54) is 28.5 Å². The molecule has 6 nitrogen and oxygen atoms in total. The maximum absolute atomic E-state index is 11.7. The average Bonchev–Trinajstić information content (AvgIpc) is 2.68. The van der Waals surface area contributed by atoms with Gasteiger partial charge in [-0.2, -0.15) is 4.37 Å². The van der Waals surface area contributed by atoms with Crippen molar-refractivity contribution < 1.29 is 4.79 Å². The van der Waals surface area contributed by atoms with Crippen LogP contribution >= 0.6 is 11.5 Å². The molecular weight excluding hydrogens is 252 g/mol. The second kappa shape index (κ2) is 5.09. The third-order valence-corrected chi connectivity index (χ3v) is 3.02. The number of amides is 1. The van der Waals surface area contributed by atoms with E-state index in [2.05, 4.69) is 14.7 Å². The summed E-state index contributed by atoms with van der Waals surface area (Å²) in [4.78, 5) is 27.3. The van der Waals surface area contributed by atoms with E-state index in [0.717, 1.165) is 5.69 Å². The standard InChI is InChI=1S/C11H12N4O2S/c1-7-4-11(17)15(6-12-7)5-9(16)13-10-3-8(2)14-18-10/h3-4,6H,5H2,1-2H3,(H,13,16). The highest BCUT2D eigenvalue weighted by molar-refractivity contribution is 7.10. The van der Waals surface area contributed by atoms with Gasteiger partial charge in [0.2, 0.25) is 5.91 Å². The zero-order valence-corrected chi connectivity index (χ0v) is 10.8. The summed E-state index contributed by atoms with van der Waals surface area (Å²) in [5.74, 6) is -0.272. The normalized spacial score (nSPS) is 10.3. The number of nitrogens with zero attached hydrogens (tertiary/aromatic N) is 3. The Bertz CT molecular complexity index is 632. The molecule has 0 aromatic carbocycles. The van der Waals surface area contributed by atoms with Crippen LogP contribution in [0.3, 0.4) is 0 Å². The number of carbonyl (C=O) groups excluding carboxylic acids is 1. The van der Waals surface area contributed by atoms with E-state index in [-0.39, 0.29) is 18.0 Å². The molecule has 0 aliphatic carbocycles. The van der Waals surface area contributed by atoms with Crippen LogP contribution in [0.4, 0.5) is 5.00 Å². The molecule has 0 aliphatic rings. The highest BCUT2D eigenvalue weighted by Gasteiger charge is 2.07. The first kappa shape index (κ1) is 12.4. The lowest BCUT2D eigenvalue weighted by molar-refractivity contribution is -0.116. The van der Waals surface area contributed by atoms with Crippen LogP contribution in [-0.4, -0.2) is 19.8 Å². The third kappa shape index (κ3) is 3.01. The lowest BCUT2D eigenvalue weighted by Crippen LogP contribution is -2.27. The fourth-order valence-electron chi connectivity index (χ4n) is 1.39. The number of hydrogen-bond donors (Lipinski definition) is 1. The molecule has 1 N–H and O–H groups in total. The molecule has 0 bridgehead atoms. The fraction of sp³-hybridized carbons (Fsp3) is 0.273. The summed E-state index contributed by atoms with van der Waals surface area (Å²) < 4.78 is 5.31. The van der Waals surface area contributed by atoms with Gasteiger partial charge in [0.1, 0.15) is 11.5 Å². The van der Waals surface area contributed by atoms with E-state index in [0.29, 0.717) is 10.7 Å². The van der Waals surface area contributed by atoms with Crippen LogP contribution in [0.2, 0.25) is 0 Å². The molecule has 0 aliphatic heterocycles. The van der Waals surface area contributed by atoms with Crippen LogP contribution < -0.4 is 10.9 Å².